The minimum atomic E-state index is -0.382. The maximum Gasteiger partial charge on any atom is 0.331 e. The van der Waals surface area contributed by atoms with Crippen LogP contribution in [-0.2, 0) is 16.1 Å². The molecule has 0 bridgehead atoms. The van der Waals surface area contributed by atoms with E-state index < -0.39 is 0 Å². The Labute approximate surface area is 94.9 Å². The van der Waals surface area contributed by atoms with E-state index in [0.717, 1.165) is 11.3 Å². The molecule has 1 rings (SSSR count). The highest BCUT2D eigenvalue weighted by Gasteiger charge is 1.99. The maximum atomic E-state index is 10.8. The van der Waals surface area contributed by atoms with Crippen molar-refractivity contribution >= 4 is 5.97 Å². The summed E-state index contributed by atoms with van der Waals surface area (Å²) in [6.07, 6.45) is 2.88. The molecule has 0 amide bonds. The lowest BCUT2D eigenvalue weighted by molar-refractivity contribution is -0.134. The maximum absolute atomic E-state index is 10.8. The predicted molar refractivity (Wildman–Crippen MR) is 61.0 cm³/mol. The second kappa shape index (κ2) is 6.50. The van der Waals surface area contributed by atoms with E-state index in [0.29, 0.717) is 6.54 Å². The van der Waals surface area contributed by atoms with Crippen molar-refractivity contribution in [3.8, 4) is 5.75 Å². The second-order valence-electron chi connectivity index (χ2n) is 3.05. The number of para-hydroxylation sites is 1. The number of ether oxygens (including phenoxy) is 2. The number of benzene rings is 1. The van der Waals surface area contributed by atoms with Gasteiger partial charge in [0, 0.05) is 24.4 Å². The molecule has 0 heterocycles. The van der Waals surface area contributed by atoms with Crippen LogP contribution in [0.25, 0.3) is 0 Å². The highest BCUT2D eigenvalue weighted by molar-refractivity contribution is 5.81. The predicted octanol–water partition coefficient (Wildman–Crippen LogP) is 1.47. The van der Waals surface area contributed by atoms with Crippen molar-refractivity contribution < 1.29 is 14.3 Å². The van der Waals surface area contributed by atoms with Crippen LogP contribution in [0.2, 0.25) is 0 Å². The first-order chi connectivity index (χ1) is 7.77. The molecule has 0 atom stereocenters. The lowest BCUT2D eigenvalue weighted by atomic mass is 10.2. The van der Waals surface area contributed by atoms with Crippen molar-refractivity contribution in [3.05, 3.63) is 42.1 Å². The van der Waals surface area contributed by atoms with Gasteiger partial charge in [0.1, 0.15) is 5.75 Å². The third-order valence-electron chi connectivity index (χ3n) is 2.02. The van der Waals surface area contributed by atoms with Crippen molar-refractivity contribution in [1.29, 1.82) is 0 Å². The summed E-state index contributed by atoms with van der Waals surface area (Å²) < 4.78 is 9.65. The lowest BCUT2D eigenvalue weighted by Crippen LogP contribution is -2.07. The Morgan fingerprint density at radius 1 is 1.38 bits per heavy atom. The summed E-state index contributed by atoms with van der Waals surface area (Å²) in [5, 5.41) is 2.98. The third-order valence-corrected chi connectivity index (χ3v) is 2.02. The van der Waals surface area contributed by atoms with E-state index in [4.69, 9.17) is 4.74 Å². The van der Waals surface area contributed by atoms with Gasteiger partial charge in [0.15, 0.2) is 0 Å². The average molecular weight is 221 g/mol. The Kier molecular flexibility index (Phi) is 4.92. The Balaban J connectivity index is 2.48. The molecule has 1 aromatic carbocycles. The fourth-order valence-electron chi connectivity index (χ4n) is 1.21. The second-order valence-corrected chi connectivity index (χ2v) is 3.05. The minimum Gasteiger partial charge on any atom is -0.496 e. The van der Waals surface area contributed by atoms with Gasteiger partial charge in [-0.3, -0.25) is 0 Å². The summed E-state index contributed by atoms with van der Waals surface area (Å²) in [6, 6.07) is 7.69. The summed E-state index contributed by atoms with van der Waals surface area (Å²) in [5.74, 6) is 0.439. The smallest absolute Gasteiger partial charge is 0.331 e. The van der Waals surface area contributed by atoms with Crippen LogP contribution >= 0.6 is 0 Å². The van der Waals surface area contributed by atoms with E-state index in [1.807, 2.05) is 24.3 Å². The van der Waals surface area contributed by atoms with Gasteiger partial charge in [-0.05, 0) is 6.07 Å². The summed E-state index contributed by atoms with van der Waals surface area (Å²) in [5.41, 5.74) is 1.03. The first kappa shape index (κ1) is 12.1. The first-order valence-electron chi connectivity index (χ1n) is 4.87. The van der Waals surface area contributed by atoms with Gasteiger partial charge in [0.2, 0.25) is 0 Å². The monoisotopic (exact) mass is 221 g/mol. The number of methoxy groups -OCH3 is 2. The van der Waals surface area contributed by atoms with Gasteiger partial charge in [-0.2, -0.15) is 0 Å². The molecule has 0 aliphatic heterocycles. The molecule has 4 heteroatoms. The molecule has 0 radical (unpaired) electrons. The summed E-state index contributed by atoms with van der Waals surface area (Å²) in [6.45, 7) is 0.595. The molecule has 1 N–H and O–H groups in total. The molecular weight excluding hydrogens is 206 g/mol. The molecule has 0 saturated carbocycles. The van der Waals surface area contributed by atoms with Crippen LogP contribution in [0.5, 0.6) is 5.75 Å². The van der Waals surface area contributed by atoms with Crippen molar-refractivity contribution in [2.24, 2.45) is 0 Å². The number of nitrogens with one attached hydrogen (secondary N) is 1. The average Bonchev–Trinajstić information content (AvgIpc) is 2.34. The Morgan fingerprint density at radius 3 is 2.81 bits per heavy atom. The van der Waals surface area contributed by atoms with Crippen molar-refractivity contribution in [2.75, 3.05) is 14.2 Å². The number of hydrogen-bond donors (Lipinski definition) is 1. The standard InChI is InChI=1S/C12H15NO3/c1-15-11-6-4-3-5-10(11)9-13-8-7-12(14)16-2/h3-8,13H,9H2,1-2H3/b8-7-. The zero-order chi connectivity index (χ0) is 11.8. The Bertz CT molecular complexity index is 374. The van der Waals surface area contributed by atoms with E-state index in [-0.39, 0.29) is 5.97 Å². The van der Waals surface area contributed by atoms with E-state index >= 15 is 0 Å². The van der Waals surface area contributed by atoms with Gasteiger partial charge in [-0.25, -0.2) is 4.79 Å². The molecule has 0 fully saturated rings. The van der Waals surface area contributed by atoms with E-state index in [9.17, 15) is 4.79 Å². The molecule has 1 aromatic rings. The van der Waals surface area contributed by atoms with Crippen LogP contribution in [0.4, 0.5) is 0 Å². The molecule has 16 heavy (non-hydrogen) atoms. The number of carbonyl (C=O) groups is 1. The van der Waals surface area contributed by atoms with E-state index in [1.165, 1.54) is 13.2 Å². The quantitative estimate of drug-likeness (QED) is 0.604. The summed E-state index contributed by atoms with van der Waals surface area (Å²) >= 11 is 0. The Morgan fingerprint density at radius 2 is 2.12 bits per heavy atom. The van der Waals surface area contributed by atoms with Crippen molar-refractivity contribution in [2.45, 2.75) is 6.54 Å². The van der Waals surface area contributed by atoms with Gasteiger partial charge < -0.3 is 14.8 Å². The van der Waals surface area contributed by atoms with E-state index in [2.05, 4.69) is 10.1 Å². The molecule has 0 saturated heterocycles. The molecule has 0 spiro atoms. The molecule has 4 nitrogen and oxygen atoms in total. The molecule has 0 aliphatic carbocycles. The summed E-state index contributed by atoms with van der Waals surface area (Å²) in [7, 11) is 2.97. The van der Waals surface area contributed by atoms with Gasteiger partial charge in [-0.15, -0.1) is 0 Å². The number of carbonyl (C=O) groups excluding carboxylic acids is 1. The van der Waals surface area contributed by atoms with Crippen LogP contribution < -0.4 is 10.1 Å². The van der Waals surface area contributed by atoms with Gasteiger partial charge >= 0.3 is 5.97 Å². The zero-order valence-corrected chi connectivity index (χ0v) is 9.40. The zero-order valence-electron chi connectivity index (χ0n) is 9.40. The lowest BCUT2D eigenvalue weighted by Gasteiger charge is -2.07. The molecular formula is C12H15NO3. The molecule has 0 aliphatic rings. The van der Waals surface area contributed by atoms with Gasteiger partial charge in [0.05, 0.1) is 14.2 Å². The first-order valence-corrected chi connectivity index (χ1v) is 4.87. The van der Waals surface area contributed by atoms with Crippen LogP contribution in [0.3, 0.4) is 0 Å². The topological polar surface area (TPSA) is 47.6 Å². The minimum absolute atomic E-state index is 0.382. The number of hydrogen-bond acceptors (Lipinski definition) is 4. The third kappa shape index (κ3) is 3.65. The fourth-order valence-corrected chi connectivity index (χ4v) is 1.21. The Hall–Kier alpha value is -1.97. The van der Waals surface area contributed by atoms with Crippen molar-refractivity contribution in [1.82, 2.24) is 5.32 Å². The van der Waals surface area contributed by atoms with E-state index in [1.54, 1.807) is 13.3 Å². The SMILES string of the molecule is COC(=O)/C=C\NCc1ccccc1OC. The van der Waals surface area contributed by atoms with Crippen LogP contribution in [-0.4, -0.2) is 20.2 Å². The van der Waals surface area contributed by atoms with Gasteiger partial charge in [0.25, 0.3) is 0 Å². The largest absolute Gasteiger partial charge is 0.496 e. The molecule has 0 unspecified atom stereocenters. The highest BCUT2D eigenvalue weighted by Crippen LogP contribution is 2.16. The molecule has 86 valence electrons. The van der Waals surface area contributed by atoms with Crippen LogP contribution in [0, 0.1) is 0 Å². The van der Waals surface area contributed by atoms with Gasteiger partial charge in [-0.1, -0.05) is 18.2 Å². The van der Waals surface area contributed by atoms with Crippen LogP contribution in [0.1, 0.15) is 5.56 Å². The number of rotatable bonds is 5. The van der Waals surface area contributed by atoms with Crippen molar-refractivity contribution in [3.63, 3.8) is 0 Å². The van der Waals surface area contributed by atoms with Crippen LogP contribution in [0.15, 0.2) is 36.5 Å². The normalized spacial score (nSPS) is 10.1. The fraction of sp³-hybridized carbons (Fsp3) is 0.250. The summed E-state index contributed by atoms with van der Waals surface area (Å²) in [4.78, 5) is 10.8. The number of esters is 1. The molecule has 0 aromatic heterocycles. The highest BCUT2D eigenvalue weighted by atomic mass is 16.5.